The third kappa shape index (κ3) is 6.51. The normalized spacial score (nSPS) is 24.2. The van der Waals surface area contributed by atoms with Crippen molar-refractivity contribution in [2.24, 2.45) is 0 Å². The summed E-state index contributed by atoms with van der Waals surface area (Å²) in [6.07, 6.45) is 7.26. The van der Waals surface area contributed by atoms with Crippen LogP contribution in [0.5, 0.6) is 5.88 Å². The Kier molecular flexibility index (Phi) is 8.44. The topological polar surface area (TPSA) is 98.2 Å². The number of fused-ring (bicyclic) bond motifs is 1. The van der Waals surface area contributed by atoms with Gasteiger partial charge in [-0.3, -0.25) is 14.5 Å². The largest absolute Gasteiger partial charge is 0.474 e. The molecule has 9 nitrogen and oxygen atoms in total. The Morgan fingerprint density at radius 2 is 1.68 bits per heavy atom. The molecule has 0 bridgehead atoms. The Morgan fingerprint density at radius 1 is 0.951 bits per heavy atom. The number of pyridine rings is 1. The van der Waals surface area contributed by atoms with Crippen LogP contribution in [0.3, 0.4) is 0 Å². The third-order valence-corrected chi connectivity index (χ3v) is 9.38. The fourth-order valence-electron chi connectivity index (χ4n) is 7.00. The molecule has 1 aromatic carbocycles. The lowest BCUT2D eigenvalue weighted by atomic mass is 9.94. The number of carbonyl (C=O) groups excluding carboxylic acids is 2. The number of nitrogens with one attached hydrogen (secondary N) is 1. The first-order valence-corrected chi connectivity index (χ1v) is 15.4. The molecule has 1 aliphatic carbocycles. The SMILES string of the molecule is CC(=O)N1CCC(Nc2cc(OC3CCCC3)nc(C(=O)N3CC[C@@H](N4CCc5ccccc5C4)[C@H](O)C3)c2)CC1. The van der Waals surface area contributed by atoms with Crippen molar-refractivity contribution in [3.8, 4) is 5.88 Å². The van der Waals surface area contributed by atoms with E-state index in [9.17, 15) is 14.7 Å². The summed E-state index contributed by atoms with van der Waals surface area (Å²) in [5, 5.41) is 14.8. The molecular weight excluding hydrogens is 518 g/mol. The summed E-state index contributed by atoms with van der Waals surface area (Å²) >= 11 is 0. The van der Waals surface area contributed by atoms with Crippen LogP contribution < -0.4 is 10.1 Å². The number of nitrogens with zero attached hydrogens (tertiary/aromatic N) is 4. The van der Waals surface area contributed by atoms with Gasteiger partial charge in [0, 0.05) is 70.0 Å². The van der Waals surface area contributed by atoms with Crippen LogP contribution in [-0.4, -0.2) is 93.6 Å². The molecule has 0 radical (unpaired) electrons. The Labute approximate surface area is 242 Å². The van der Waals surface area contributed by atoms with E-state index in [0.29, 0.717) is 24.7 Å². The maximum absolute atomic E-state index is 13.8. The summed E-state index contributed by atoms with van der Waals surface area (Å²) in [5.41, 5.74) is 3.90. The van der Waals surface area contributed by atoms with Crippen molar-refractivity contribution >= 4 is 17.5 Å². The zero-order valence-electron chi connectivity index (χ0n) is 24.1. The van der Waals surface area contributed by atoms with Gasteiger partial charge in [-0.25, -0.2) is 4.98 Å². The van der Waals surface area contributed by atoms with E-state index in [1.165, 1.54) is 11.1 Å². The van der Waals surface area contributed by atoms with E-state index in [4.69, 9.17) is 4.74 Å². The number of aliphatic hydroxyl groups is 1. The summed E-state index contributed by atoms with van der Waals surface area (Å²) in [6, 6.07) is 12.5. The number of likely N-dealkylation sites (tertiary alicyclic amines) is 2. The number of aliphatic hydroxyl groups excluding tert-OH is 1. The number of amides is 2. The molecule has 2 N–H and O–H groups in total. The molecule has 6 rings (SSSR count). The number of β-amino-alcohol motifs (C(OH)–C–C–N with tert-alkyl or cyclic N) is 1. The van der Waals surface area contributed by atoms with E-state index in [-0.39, 0.29) is 30.0 Å². The van der Waals surface area contributed by atoms with Crippen molar-refractivity contribution in [1.82, 2.24) is 19.7 Å². The van der Waals surface area contributed by atoms with Crippen LogP contribution in [0.15, 0.2) is 36.4 Å². The lowest BCUT2D eigenvalue weighted by Crippen LogP contribution is -2.56. The van der Waals surface area contributed by atoms with E-state index >= 15 is 0 Å². The summed E-state index contributed by atoms with van der Waals surface area (Å²) in [6.45, 7) is 5.72. The Balaban J connectivity index is 1.13. The van der Waals surface area contributed by atoms with Crippen LogP contribution in [0.25, 0.3) is 0 Å². The predicted molar refractivity (Wildman–Crippen MR) is 157 cm³/mol. The van der Waals surface area contributed by atoms with E-state index in [2.05, 4.69) is 39.5 Å². The fraction of sp³-hybridized carbons (Fsp3) is 0.594. The number of ether oxygens (including phenoxy) is 1. The van der Waals surface area contributed by atoms with Gasteiger partial charge in [0.25, 0.3) is 5.91 Å². The molecule has 9 heteroatoms. The molecule has 2 saturated heterocycles. The quantitative estimate of drug-likeness (QED) is 0.558. The van der Waals surface area contributed by atoms with Crippen LogP contribution in [0.1, 0.15) is 73.5 Å². The van der Waals surface area contributed by atoms with Crippen molar-refractivity contribution in [3.63, 3.8) is 0 Å². The van der Waals surface area contributed by atoms with Gasteiger partial charge >= 0.3 is 0 Å². The molecule has 0 spiro atoms. The molecule has 4 aliphatic rings. The van der Waals surface area contributed by atoms with Crippen LogP contribution in [0, 0.1) is 0 Å². The van der Waals surface area contributed by atoms with E-state index in [0.717, 1.165) is 83.2 Å². The smallest absolute Gasteiger partial charge is 0.272 e. The molecule has 1 aromatic heterocycles. The fourth-order valence-corrected chi connectivity index (χ4v) is 7.00. The van der Waals surface area contributed by atoms with Gasteiger partial charge in [0.05, 0.1) is 6.10 Å². The number of anilines is 1. The average Bonchev–Trinajstić information content (AvgIpc) is 3.49. The summed E-state index contributed by atoms with van der Waals surface area (Å²) in [4.78, 5) is 36.2. The third-order valence-electron chi connectivity index (χ3n) is 9.38. The minimum atomic E-state index is -0.611. The number of rotatable bonds is 6. The number of carbonyl (C=O) groups is 2. The monoisotopic (exact) mass is 561 g/mol. The van der Waals surface area contributed by atoms with Gasteiger partial charge in [-0.15, -0.1) is 0 Å². The van der Waals surface area contributed by atoms with Crippen LogP contribution in [0.4, 0.5) is 5.69 Å². The van der Waals surface area contributed by atoms with Gasteiger partial charge in [-0.05, 0) is 68.6 Å². The van der Waals surface area contributed by atoms with Crippen molar-refractivity contribution in [3.05, 3.63) is 53.2 Å². The molecule has 3 aliphatic heterocycles. The van der Waals surface area contributed by atoms with E-state index in [1.807, 2.05) is 17.0 Å². The lowest BCUT2D eigenvalue weighted by molar-refractivity contribution is -0.129. The highest BCUT2D eigenvalue weighted by atomic mass is 16.5. The highest BCUT2D eigenvalue weighted by Crippen LogP contribution is 2.29. The zero-order valence-corrected chi connectivity index (χ0v) is 24.1. The van der Waals surface area contributed by atoms with Gasteiger partial charge in [0.1, 0.15) is 11.8 Å². The number of aromatic nitrogens is 1. The molecular formula is C32H43N5O4. The Bertz CT molecular complexity index is 1240. The Hall–Kier alpha value is -3.17. The molecule has 2 atom stereocenters. The zero-order chi connectivity index (χ0) is 28.3. The van der Waals surface area contributed by atoms with Crippen LogP contribution in [-0.2, 0) is 17.8 Å². The van der Waals surface area contributed by atoms with Crippen molar-refractivity contribution < 1.29 is 19.4 Å². The van der Waals surface area contributed by atoms with Crippen molar-refractivity contribution in [1.29, 1.82) is 0 Å². The van der Waals surface area contributed by atoms with Gasteiger partial charge in [-0.2, -0.15) is 0 Å². The second-order valence-electron chi connectivity index (χ2n) is 12.2. The first-order valence-electron chi connectivity index (χ1n) is 15.4. The average molecular weight is 562 g/mol. The van der Waals surface area contributed by atoms with Crippen LogP contribution in [0.2, 0.25) is 0 Å². The van der Waals surface area contributed by atoms with Gasteiger partial charge in [-0.1, -0.05) is 24.3 Å². The molecule has 41 heavy (non-hydrogen) atoms. The lowest BCUT2D eigenvalue weighted by Gasteiger charge is -2.43. The molecule has 4 heterocycles. The van der Waals surface area contributed by atoms with E-state index in [1.54, 1.807) is 11.8 Å². The molecule has 0 unspecified atom stereocenters. The van der Waals surface area contributed by atoms with Crippen molar-refractivity contribution in [2.45, 2.75) is 89.1 Å². The van der Waals surface area contributed by atoms with Gasteiger partial charge < -0.3 is 25.0 Å². The van der Waals surface area contributed by atoms with Gasteiger partial charge in [0.15, 0.2) is 0 Å². The first-order chi connectivity index (χ1) is 19.9. The molecule has 3 fully saturated rings. The van der Waals surface area contributed by atoms with Crippen molar-refractivity contribution in [2.75, 3.05) is 38.0 Å². The predicted octanol–water partition coefficient (Wildman–Crippen LogP) is 3.46. The minimum absolute atomic E-state index is 0.0375. The summed E-state index contributed by atoms with van der Waals surface area (Å²) in [5.74, 6) is 0.426. The van der Waals surface area contributed by atoms with E-state index < -0.39 is 6.10 Å². The number of benzene rings is 1. The summed E-state index contributed by atoms with van der Waals surface area (Å²) < 4.78 is 6.25. The summed E-state index contributed by atoms with van der Waals surface area (Å²) in [7, 11) is 0. The highest BCUT2D eigenvalue weighted by molar-refractivity contribution is 5.93. The highest BCUT2D eigenvalue weighted by Gasteiger charge is 2.36. The standard InChI is InChI=1S/C32H43N5O4/c1-22(38)35-15-11-25(12-16-35)33-26-18-28(34-31(19-26)41-27-8-4-5-9-27)32(40)37-17-13-29(30(39)21-37)36-14-10-23-6-2-3-7-24(23)20-36/h2-3,6-7,18-19,25,27,29-30,39H,4-5,8-17,20-21H2,1H3,(H,33,34)/t29-,30-/m1/s1. The maximum atomic E-state index is 13.8. The maximum Gasteiger partial charge on any atom is 0.272 e. The first kappa shape index (κ1) is 28.0. The second kappa shape index (κ2) is 12.4. The van der Waals surface area contributed by atoms with Crippen LogP contribution >= 0.6 is 0 Å². The second-order valence-corrected chi connectivity index (χ2v) is 12.2. The molecule has 2 aromatic rings. The number of hydrogen-bond donors (Lipinski definition) is 2. The Morgan fingerprint density at radius 3 is 2.41 bits per heavy atom. The number of hydrogen-bond acceptors (Lipinski definition) is 7. The minimum Gasteiger partial charge on any atom is -0.474 e. The molecule has 220 valence electrons. The van der Waals surface area contributed by atoms with Gasteiger partial charge in [0.2, 0.25) is 11.8 Å². The number of piperidine rings is 2. The molecule has 2 amide bonds. The molecule has 1 saturated carbocycles.